The van der Waals surface area contributed by atoms with Crippen molar-refractivity contribution in [3.8, 4) is 11.1 Å². The number of hydrogen-bond acceptors (Lipinski definition) is 4. The Labute approximate surface area is 175 Å². The molecule has 0 unspecified atom stereocenters. The van der Waals surface area contributed by atoms with Gasteiger partial charge in [-0.05, 0) is 23.8 Å². The molecule has 0 amide bonds. The van der Waals surface area contributed by atoms with Crippen molar-refractivity contribution in [2.24, 2.45) is 0 Å². The highest BCUT2D eigenvalue weighted by molar-refractivity contribution is 7.99. The van der Waals surface area contributed by atoms with Crippen LogP contribution in [0.15, 0.2) is 38.8 Å². The maximum Gasteiger partial charge on any atom is 0.417 e. The smallest absolute Gasteiger partial charge is 0.379 e. The molecule has 0 spiro atoms. The summed E-state index contributed by atoms with van der Waals surface area (Å²) in [5, 5.41) is -0.609. The normalized spacial score (nSPS) is 16.7. The van der Waals surface area contributed by atoms with Gasteiger partial charge in [0.2, 0.25) is 0 Å². The second-order valence-electron chi connectivity index (χ2n) is 6.69. The second kappa shape index (κ2) is 7.44. The minimum atomic E-state index is -4.82. The highest BCUT2D eigenvalue weighted by atomic mass is 35.5. The van der Waals surface area contributed by atoms with Crippen LogP contribution in [0.5, 0.6) is 0 Å². The topological polar surface area (TPSA) is 64.1 Å². The van der Waals surface area contributed by atoms with E-state index in [9.17, 15) is 27.2 Å². The molecule has 1 aliphatic rings. The Bertz CT molecular complexity index is 1290. The van der Waals surface area contributed by atoms with Crippen LogP contribution >= 0.6 is 23.4 Å². The van der Waals surface area contributed by atoms with Gasteiger partial charge in [0, 0.05) is 23.3 Å². The van der Waals surface area contributed by atoms with Gasteiger partial charge in [-0.3, -0.25) is 14.3 Å². The fraction of sp³-hybridized carbons (Fsp3) is 0.263. The molecule has 0 fully saturated rings. The number of methoxy groups -OCH3 is 1. The van der Waals surface area contributed by atoms with Crippen LogP contribution in [-0.2, 0) is 17.5 Å². The molecule has 1 aliphatic heterocycles. The Morgan fingerprint density at radius 2 is 2.00 bits per heavy atom. The van der Waals surface area contributed by atoms with E-state index < -0.39 is 34.9 Å². The largest absolute Gasteiger partial charge is 0.417 e. The van der Waals surface area contributed by atoms with Crippen molar-refractivity contribution in [3.05, 3.63) is 61.5 Å². The molecule has 1 atom stereocenters. The highest BCUT2D eigenvalue weighted by Gasteiger charge is 2.38. The highest BCUT2D eigenvalue weighted by Crippen LogP contribution is 2.46. The first-order valence-corrected chi connectivity index (χ1v) is 10.00. The van der Waals surface area contributed by atoms with Gasteiger partial charge in [-0.2, -0.15) is 13.2 Å². The molecule has 2 aromatic carbocycles. The molecular formula is C19H13ClF4N2O3S. The number of nitrogens with one attached hydrogen (secondary N) is 1. The Balaban J connectivity index is 2.20. The van der Waals surface area contributed by atoms with Crippen LogP contribution < -0.4 is 11.2 Å². The minimum Gasteiger partial charge on any atom is -0.379 e. The van der Waals surface area contributed by atoms with Gasteiger partial charge in [-0.25, -0.2) is 9.18 Å². The van der Waals surface area contributed by atoms with Gasteiger partial charge in [0.15, 0.2) is 0 Å². The zero-order chi connectivity index (χ0) is 21.8. The number of alkyl halides is 3. The van der Waals surface area contributed by atoms with E-state index in [2.05, 4.69) is 4.98 Å². The third kappa shape index (κ3) is 3.42. The van der Waals surface area contributed by atoms with Gasteiger partial charge in [-0.15, -0.1) is 11.8 Å². The number of ether oxygens (including phenoxy) is 1. The number of hydrogen-bond donors (Lipinski definition) is 1. The molecule has 2 heterocycles. The number of aromatic nitrogens is 2. The molecule has 0 radical (unpaired) electrons. The third-order valence-electron chi connectivity index (χ3n) is 4.88. The number of thioether (sulfide) groups is 1. The van der Waals surface area contributed by atoms with Gasteiger partial charge in [0.05, 0.1) is 34.1 Å². The molecule has 11 heteroatoms. The Kier molecular flexibility index (Phi) is 5.19. The molecule has 0 saturated carbocycles. The van der Waals surface area contributed by atoms with Crippen LogP contribution in [0.3, 0.4) is 0 Å². The van der Waals surface area contributed by atoms with Crippen LogP contribution in [0, 0.1) is 5.82 Å². The molecule has 30 heavy (non-hydrogen) atoms. The van der Waals surface area contributed by atoms with Crippen molar-refractivity contribution in [2.75, 3.05) is 12.9 Å². The van der Waals surface area contributed by atoms with Crippen molar-refractivity contribution in [3.63, 3.8) is 0 Å². The first kappa shape index (κ1) is 21.0. The lowest BCUT2D eigenvalue weighted by Crippen LogP contribution is -2.34. The van der Waals surface area contributed by atoms with Gasteiger partial charge in [-0.1, -0.05) is 17.7 Å². The summed E-state index contributed by atoms with van der Waals surface area (Å²) in [4.78, 5) is 27.0. The summed E-state index contributed by atoms with van der Waals surface area (Å²) >= 11 is 6.86. The molecule has 5 nitrogen and oxygen atoms in total. The Morgan fingerprint density at radius 3 is 2.63 bits per heavy atom. The predicted molar refractivity (Wildman–Crippen MR) is 106 cm³/mol. The molecular weight excluding hydrogens is 448 g/mol. The number of halogens is 5. The third-order valence-corrected chi connectivity index (χ3v) is 6.40. The van der Waals surface area contributed by atoms with Crippen molar-refractivity contribution in [2.45, 2.75) is 23.7 Å². The number of rotatable bonds is 2. The molecule has 3 aromatic rings. The molecule has 1 aromatic heterocycles. The molecule has 1 N–H and O–H groups in total. The first-order chi connectivity index (χ1) is 14.1. The van der Waals surface area contributed by atoms with E-state index in [1.165, 1.54) is 17.7 Å². The fourth-order valence-corrected chi connectivity index (χ4v) is 4.98. The van der Waals surface area contributed by atoms with Crippen LogP contribution in [0.1, 0.15) is 5.56 Å². The summed E-state index contributed by atoms with van der Waals surface area (Å²) in [6, 6.07) is 3.97. The molecule has 0 saturated heterocycles. The number of nitrogens with zero attached hydrogens (tertiary/aromatic N) is 1. The number of benzene rings is 2. The van der Waals surface area contributed by atoms with Crippen molar-refractivity contribution >= 4 is 34.3 Å². The van der Waals surface area contributed by atoms with Crippen LogP contribution in [0.2, 0.25) is 5.02 Å². The standard InChI is InChI=1S/C19H13ClF4N2O3S/c1-29-9-6-26-15-10(17(27)25-18(26)28)5-11(19(22,23)24)14(16(15)30-7-9)8-2-3-13(21)12(20)4-8/h2-5,9H,6-7H2,1H3,(H,25,27,28)/t9-/m0/s1. The lowest BCUT2D eigenvalue weighted by molar-refractivity contribution is -0.137. The summed E-state index contributed by atoms with van der Waals surface area (Å²) in [6.45, 7) is 0.0532. The number of aromatic amines is 1. The predicted octanol–water partition coefficient (Wildman–Crippen LogP) is 4.29. The van der Waals surface area contributed by atoms with E-state index in [0.717, 1.165) is 23.9 Å². The van der Waals surface area contributed by atoms with Crippen LogP contribution in [0.25, 0.3) is 22.0 Å². The first-order valence-electron chi connectivity index (χ1n) is 8.64. The summed E-state index contributed by atoms with van der Waals surface area (Å²) in [7, 11) is 1.43. The van der Waals surface area contributed by atoms with E-state index >= 15 is 0 Å². The average Bonchev–Trinajstić information content (AvgIpc) is 2.87. The van der Waals surface area contributed by atoms with E-state index in [0.29, 0.717) is 6.07 Å². The van der Waals surface area contributed by atoms with Gasteiger partial charge < -0.3 is 4.74 Å². The van der Waals surface area contributed by atoms with Gasteiger partial charge in [0.25, 0.3) is 5.56 Å². The van der Waals surface area contributed by atoms with E-state index in [1.54, 1.807) is 0 Å². The number of H-pyrrole nitrogens is 1. The Hall–Kier alpha value is -2.30. The Morgan fingerprint density at radius 1 is 1.27 bits per heavy atom. The van der Waals surface area contributed by atoms with Crippen LogP contribution in [0.4, 0.5) is 17.6 Å². The summed E-state index contributed by atoms with van der Waals surface area (Å²) < 4.78 is 62.2. The van der Waals surface area contributed by atoms with Gasteiger partial charge in [0.1, 0.15) is 5.82 Å². The maximum absolute atomic E-state index is 14.0. The summed E-state index contributed by atoms with van der Waals surface area (Å²) in [5.74, 6) is -0.537. The van der Waals surface area contributed by atoms with Crippen LogP contribution in [-0.4, -0.2) is 28.5 Å². The van der Waals surface area contributed by atoms with Crippen molar-refractivity contribution in [1.82, 2.24) is 9.55 Å². The quantitative estimate of drug-likeness (QED) is 0.579. The summed E-state index contributed by atoms with van der Waals surface area (Å²) in [6.07, 6.45) is -5.30. The molecule has 0 aliphatic carbocycles. The van der Waals surface area contributed by atoms with E-state index in [4.69, 9.17) is 16.3 Å². The lowest BCUT2D eigenvalue weighted by Gasteiger charge is -2.20. The second-order valence-corrected chi connectivity index (χ2v) is 8.13. The minimum absolute atomic E-state index is 0.0215. The fourth-order valence-electron chi connectivity index (χ4n) is 3.47. The summed E-state index contributed by atoms with van der Waals surface area (Å²) in [5.41, 5.74) is -2.91. The average molecular weight is 461 g/mol. The molecule has 158 valence electrons. The van der Waals surface area contributed by atoms with Gasteiger partial charge >= 0.3 is 11.9 Å². The zero-order valence-corrected chi connectivity index (χ0v) is 16.8. The van der Waals surface area contributed by atoms with Crippen molar-refractivity contribution in [1.29, 1.82) is 0 Å². The molecule has 4 rings (SSSR count). The maximum atomic E-state index is 14.0. The zero-order valence-electron chi connectivity index (χ0n) is 15.3. The van der Waals surface area contributed by atoms with E-state index in [-0.39, 0.29) is 44.2 Å². The monoisotopic (exact) mass is 460 g/mol. The van der Waals surface area contributed by atoms with E-state index in [1.807, 2.05) is 0 Å². The van der Waals surface area contributed by atoms with Crippen molar-refractivity contribution < 1.29 is 22.3 Å². The molecule has 0 bridgehead atoms. The SMILES string of the molecule is CO[C@@H]1CSc2c(-c3ccc(F)c(Cl)c3)c(C(F)(F)F)cc3c(=O)[nH]c(=O)n(c23)C1. The lowest BCUT2D eigenvalue weighted by atomic mass is 9.96.